The number of rotatable bonds is 6. The summed E-state index contributed by atoms with van der Waals surface area (Å²) in [5.74, 6) is 0.546. The molecule has 0 fully saturated rings. The molecule has 2 heteroatoms. The quantitative estimate of drug-likeness (QED) is 0.749. The summed E-state index contributed by atoms with van der Waals surface area (Å²) in [7, 11) is 0. The Kier molecular flexibility index (Phi) is 6.06. The number of halogens is 1. The smallest absolute Gasteiger partial charge is 0.130 e. The van der Waals surface area contributed by atoms with Gasteiger partial charge in [-0.05, 0) is 56.5 Å². The van der Waals surface area contributed by atoms with E-state index >= 15 is 0 Å². The molecule has 1 rings (SSSR count). The van der Waals surface area contributed by atoms with E-state index in [4.69, 9.17) is 0 Å². The average Bonchev–Trinajstić information content (AvgIpc) is 2.25. The zero-order chi connectivity index (χ0) is 13.5. The summed E-state index contributed by atoms with van der Waals surface area (Å²) in [6.07, 6.45) is 4.86. The minimum absolute atomic E-state index is 0.126. The van der Waals surface area contributed by atoms with E-state index < -0.39 is 0 Å². The third kappa shape index (κ3) is 5.01. The molecule has 0 bridgehead atoms. The summed E-state index contributed by atoms with van der Waals surface area (Å²) in [5.41, 5.74) is 2.68. The first kappa shape index (κ1) is 14.9. The molecule has 100 valence electrons. The predicted octanol–water partition coefficient (Wildman–Crippen LogP) is 4.09. The van der Waals surface area contributed by atoms with Crippen LogP contribution in [0.2, 0.25) is 0 Å². The van der Waals surface area contributed by atoms with Crippen molar-refractivity contribution in [2.24, 2.45) is 5.92 Å². The molecule has 1 nitrogen and oxygen atoms in total. The van der Waals surface area contributed by atoms with Crippen molar-refractivity contribution in [3.05, 3.63) is 40.7 Å². The lowest BCUT2D eigenvalue weighted by molar-refractivity contribution is 0.557. The third-order valence-electron chi connectivity index (χ3n) is 2.81. The van der Waals surface area contributed by atoms with Gasteiger partial charge in [-0.3, -0.25) is 0 Å². The Labute approximate surface area is 110 Å². The number of hydrogen-bond donors (Lipinski definition) is 1. The Bertz CT molecular complexity index is 385. The van der Waals surface area contributed by atoms with Crippen molar-refractivity contribution in [3.63, 3.8) is 0 Å². The topological polar surface area (TPSA) is 12.0 Å². The maximum Gasteiger partial charge on any atom is 0.130 e. The molecule has 0 amide bonds. The molecule has 0 aliphatic carbocycles. The summed E-state index contributed by atoms with van der Waals surface area (Å²) in [5, 5.41) is 3.36. The largest absolute Gasteiger partial charge is 0.316 e. The van der Waals surface area contributed by atoms with Gasteiger partial charge in [0.1, 0.15) is 5.82 Å². The molecule has 1 aromatic rings. The lowest BCUT2D eigenvalue weighted by Gasteiger charge is -2.06. The Hall–Kier alpha value is -1.15. The first-order valence-electron chi connectivity index (χ1n) is 6.64. The second-order valence-electron chi connectivity index (χ2n) is 5.27. The number of hydrogen-bond acceptors (Lipinski definition) is 1. The van der Waals surface area contributed by atoms with Crippen molar-refractivity contribution in [1.29, 1.82) is 0 Å². The molecule has 0 saturated heterocycles. The van der Waals surface area contributed by atoms with Gasteiger partial charge in [0.15, 0.2) is 0 Å². The summed E-state index contributed by atoms with van der Waals surface area (Å²) in [4.78, 5) is 0. The van der Waals surface area contributed by atoms with Crippen LogP contribution in [0.3, 0.4) is 0 Å². The zero-order valence-electron chi connectivity index (χ0n) is 11.9. The molecule has 0 saturated carbocycles. The van der Waals surface area contributed by atoms with E-state index in [2.05, 4.69) is 19.2 Å². The number of benzene rings is 1. The van der Waals surface area contributed by atoms with Gasteiger partial charge in [-0.15, -0.1) is 0 Å². The van der Waals surface area contributed by atoms with Crippen LogP contribution < -0.4 is 5.32 Å². The molecular formula is C16H24FN. The van der Waals surface area contributed by atoms with Gasteiger partial charge in [0.05, 0.1) is 0 Å². The summed E-state index contributed by atoms with van der Waals surface area (Å²) in [6.45, 7) is 10.2. The lowest BCUT2D eigenvalue weighted by Crippen LogP contribution is -2.20. The molecule has 18 heavy (non-hydrogen) atoms. The van der Waals surface area contributed by atoms with Crippen LogP contribution in [-0.4, -0.2) is 13.1 Å². The minimum Gasteiger partial charge on any atom is -0.316 e. The fourth-order valence-corrected chi connectivity index (χ4v) is 1.92. The highest BCUT2D eigenvalue weighted by Crippen LogP contribution is 2.17. The van der Waals surface area contributed by atoms with Crippen molar-refractivity contribution >= 4 is 6.08 Å². The van der Waals surface area contributed by atoms with Crippen LogP contribution in [0.25, 0.3) is 6.08 Å². The van der Waals surface area contributed by atoms with Crippen molar-refractivity contribution < 1.29 is 4.39 Å². The molecule has 0 aliphatic rings. The predicted molar refractivity (Wildman–Crippen MR) is 77.2 cm³/mol. The van der Waals surface area contributed by atoms with Gasteiger partial charge in [0.25, 0.3) is 0 Å². The van der Waals surface area contributed by atoms with Crippen LogP contribution >= 0.6 is 0 Å². The third-order valence-corrected chi connectivity index (χ3v) is 2.81. The maximum atomic E-state index is 13.7. The summed E-state index contributed by atoms with van der Waals surface area (Å²) >= 11 is 0. The number of aryl methyl sites for hydroxylation is 2. The van der Waals surface area contributed by atoms with Crippen LogP contribution in [0.1, 0.15) is 37.0 Å². The second-order valence-corrected chi connectivity index (χ2v) is 5.27. The lowest BCUT2D eigenvalue weighted by atomic mass is 10.0. The first-order valence-corrected chi connectivity index (χ1v) is 6.64. The highest BCUT2D eigenvalue weighted by atomic mass is 19.1. The SMILES string of the molecule is Cc1cc(C)c(/C=C/CCNCC(C)C)c(F)c1. The average molecular weight is 249 g/mol. The molecule has 0 aliphatic heterocycles. The van der Waals surface area contributed by atoms with Crippen molar-refractivity contribution in [1.82, 2.24) is 5.32 Å². The van der Waals surface area contributed by atoms with Gasteiger partial charge in [-0.25, -0.2) is 4.39 Å². The maximum absolute atomic E-state index is 13.7. The Morgan fingerprint density at radius 1 is 1.28 bits per heavy atom. The molecule has 0 unspecified atom stereocenters. The van der Waals surface area contributed by atoms with Crippen molar-refractivity contribution in [2.45, 2.75) is 34.1 Å². The highest BCUT2D eigenvalue weighted by molar-refractivity contribution is 5.55. The normalized spacial score (nSPS) is 11.7. The zero-order valence-corrected chi connectivity index (χ0v) is 11.9. The van der Waals surface area contributed by atoms with E-state index in [0.29, 0.717) is 11.5 Å². The first-order chi connectivity index (χ1) is 8.50. The molecule has 1 aromatic carbocycles. The Balaban J connectivity index is 2.47. The standard InChI is InChI=1S/C16H24FN/c1-12(2)11-18-8-6-5-7-15-14(4)9-13(3)10-16(15)17/h5,7,9-10,12,18H,6,8,11H2,1-4H3/b7-5+. The fourth-order valence-electron chi connectivity index (χ4n) is 1.92. The van der Waals surface area contributed by atoms with Crippen molar-refractivity contribution in [3.8, 4) is 0 Å². The molecule has 0 spiro atoms. The highest BCUT2D eigenvalue weighted by Gasteiger charge is 2.02. The molecule has 0 heterocycles. The van der Waals surface area contributed by atoms with E-state index in [1.807, 2.05) is 32.1 Å². The monoisotopic (exact) mass is 249 g/mol. The second kappa shape index (κ2) is 7.32. The van der Waals surface area contributed by atoms with Gasteiger partial charge in [-0.1, -0.05) is 32.1 Å². The molecule has 1 N–H and O–H groups in total. The summed E-state index contributed by atoms with van der Waals surface area (Å²) < 4.78 is 13.7. The Morgan fingerprint density at radius 2 is 2.00 bits per heavy atom. The van der Waals surface area contributed by atoms with Gasteiger partial charge >= 0.3 is 0 Å². The summed E-state index contributed by atoms with van der Waals surface area (Å²) in [6, 6.07) is 3.60. The fraction of sp³-hybridized carbons (Fsp3) is 0.500. The number of nitrogens with one attached hydrogen (secondary N) is 1. The molecule has 0 atom stereocenters. The van der Waals surface area contributed by atoms with Gasteiger partial charge in [0.2, 0.25) is 0 Å². The van der Waals surface area contributed by atoms with E-state index in [0.717, 1.165) is 30.6 Å². The van der Waals surface area contributed by atoms with E-state index in [1.165, 1.54) is 0 Å². The van der Waals surface area contributed by atoms with Crippen LogP contribution in [-0.2, 0) is 0 Å². The van der Waals surface area contributed by atoms with Crippen molar-refractivity contribution in [2.75, 3.05) is 13.1 Å². The van der Waals surface area contributed by atoms with Gasteiger partial charge in [0, 0.05) is 5.56 Å². The van der Waals surface area contributed by atoms with Crippen LogP contribution in [0.5, 0.6) is 0 Å². The van der Waals surface area contributed by atoms with Crippen LogP contribution in [0.15, 0.2) is 18.2 Å². The van der Waals surface area contributed by atoms with Crippen LogP contribution in [0, 0.1) is 25.6 Å². The van der Waals surface area contributed by atoms with Gasteiger partial charge < -0.3 is 5.32 Å². The van der Waals surface area contributed by atoms with E-state index in [9.17, 15) is 4.39 Å². The van der Waals surface area contributed by atoms with Gasteiger partial charge in [-0.2, -0.15) is 0 Å². The van der Waals surface area contributed by atoms with E-state index in [1.54, 1.807) is 6.07 Å². The van der Waals surface area contributed by atoms with Crippen LogP contribution in [0.4, 0.5) is 4.39 Å². The molecule has 0 aromatic heterocycles. The molecular weight excluding hydrogens is 225 g/mol. The molecule has 0 radical (unpaired) electrons. The minimum atomic E-state index is -0.126. The Morgan fingerprint density at radius 3 is 2.61 bits per heavy atom. The van der Waals surface area contributed by atoms with E-state index in [-0.39, 0.29) is 5.82 Å².